The number of rotatable bonds is 3. The summed E-state index contributed by atoms with van der Waals surface area (Å²) in [5.74, 6) is 1.67. The minimum Gasteiger partial charge on any atom is -0.506 e. The van der Waals surface area contributed by atoms with E-state index < -0.39 is 0 Å². The Morgan fingerprint density at radius 2 is 1.24 bits per heavy atom. The van der Waals surface area contributed by atoms with Crippen LogP contribution < -0.4 is 11.2 Å². The first-order valence-electron chi connectivity index (χ1n) is 13.4. The van der Waals surface area contributed by atoms with Gasteiger partial charge in [0.15, 0.2) is 22.9 Å². The number of hydrogen-bond donors (Lipinski definition) is 2. The highest BCUT2D eigenvalue weighted by atomic mass is 79.9. The molecule has 0 saturated carbocycles. The maximum atomic E-state index is 8.90. The van der Waals surface area contributed by atoms with Crippen molar-refractivity contribution < 1.29 is 23.2 Å². The van der Waals surface area contributed by atoms with Crippen molar-refractivity contribution >= 4 is 72.3 Å². The number of phenols is 1. The lowest BCUT2D eigenvalue weighted by Gasteiger charge is -2.32. The molecule has 0 radical (unpaired) electrons. The fourth-order valence-electron chi connectivity index (χ4n) is 3.89. The van der Waals surface area contributed by atoms with Crippen molar-refractivity contribution in [1.29, 1.82) is 0 Å². The monoisotopic (exact) mass is 685 g/mol. The van der Waals surface area contributed by atoms with E-state index in [4.69, 9.17) is 29.0 Å². The van der Waals surface area contributed by atoms with Gasteiger partial charge >= 0.3 is 7.12 Å². The minimum absolute atomic E-state index is 0.123. The Balaban J connectivity index is 0.000000156. The normalized spacial score (nSPS) is 15.4. The van der Waals surface area contributed by atoms with E-state index in [0.717, 1.165) is 61.2 Å². The number of oxazole rings is 2. The van der Waals surface area contributed by atoms with Gasteiger partial charge in [-0.15, -0.1) is 0 Å². The van der Waals surface area contributed by atoms with E-state index in [9.17, 15) is 0 Å². The van der Waals surface area contributed by atoms with Crippen molar-refractivity contribution in [3.05, 3.63) is 75.3 Å². The minimum atomic E-state index is -0.355. The lowest BCUT2D eigenvalue weighted by Crippen LogP contribution is -2.41. The summed E-state index contributed by atoms with van der Waals surface area (Å²) in [6.07, 6.45) is 1.63. The van der Waals surface area contributed by atoms with Gasteiger partial charge in [-0.2, -0.15) is 0 Å². The van der Waals surface area contributed by atoms with Crippen molar-refractivity contribution in [3.63, 3.8) is 0 Å². The first-order valence-corrected chi connectivity index (χ1v) is 14.9. The summed E-state index contributed by atoms with van der Waals surface area (Å²) >= 11 is 6.59. The number of nitrogens with zero attached hydrogens (tertiary/aromatic N) is 2. The van der Waals surface area contributed by atoms with Gasteiger partial charge in [-0.05, 0) is 81.7 Å². The van der Waals surface area contributed by atoms with Crippen LogP contribution in [0.4, 0.5) is 5.69 Å². The molecular weight excluding hydrogens is 653 g/mol. The molecule has 0 unspecified atom stereocenters. The van der Waals surface area contributed by atoms with Crippen molar-refractivity contribution in [1.82, 2.24) is 9.97 Å². The zero-order valence-corrected chi connectivity index (χ0v) is 27.2. The van der Waals surface area contributed by atoms with Gasteiger partial charge in [-0.1, -0.05) is 51.8 Å². The van der Waals surface area contributed by atoms with Crippen LogP contribution in [0.5, 0.6) is 5.75 Å². The zero-order chi connectivity index (χ0) is 29.9. The summed E-state index contributed by atoms with van der Waals surface area (Å²) in [5, 5.41) is 8.90. The molecule has 0 spiro atoms. The number of halogens is 2. The Hall–Kier alpha value is -2.86. The highest BCUT2D eigenvalue weighted by Gasteiger charge is 2.51. The molecule has 5 aromatic rings. The zero-order valence-electron chi connectivity index (χ0n) is 24.0. The van der Waals surface area contributed by atoms with Crippen molar-refractivity contribution in [2.45, 2.75) is 65.6 Å². The van der Waals surface area contributed by atoms with Crippen LogP contribution in [0.3, 0.4) is 0 Å². The van der Waals surface area contributed by atoms with Gasteiger partial charge in [0.2, 0.25) is 0 Å². The highest BCUT2D eigenvalue weighted by molar-refractivity contribution is 9.10. The third-order valence-corrected chi connectivity index (χ3v) is 7.96. The van der Waals surface area contributed by atoms with Gasteiger partial charge in [0.25, 0.3) is 0 Å². The van der Waals surface area contributed by atoms with Crippen LogP contribution in [0.25, 0.3) is 22.2 Å². The second-order valence-electron chi connectivity index (χ2n) is 10.6. The molecule has 3 N–H and O–H groups in total. The Bertz CT molecular complexity index is 1630. The molecule has 1 aliphatic rings. The summed E-state index contributed by atoms with van der Waals surface area (Å²) < 4.78 is 25.1. The number of nitrogens with two attached hydrogens (primary N) is 1. The number of benzene rings is 3. The second-order valence-corrected chi connectivity index (χ2v) is 12.4. The number of fused-ring (bicyclic) bond motifs is 2. The topological polar surface area (TPSA) is 117 Å². The number of aryl methyl sites for hydroxylation is 2. The molecule has 11 heteroatoms. The first-order chi connectivity index (χ1) is 19.3. The number of aromatic hydroxyl groups is 1. The van der Waals surface area contributed by atoms with E-state index in [1.54, 1.807) is 18.2 Å². The molecule has 0 amide bonds. The SMILES string of the molecule is CCc1nc2cc(B3OC(C)(C)C(C)(C)O3)ccc2o1.CCc1nc2cc(Br)ccc2o1.Nc1cc(Br)ccc1O. The molecule has 0 bridgehead atoms. The molecule has 6 rings (SSSR count). The van der Waals surface area contributed by atoms with Crippen molar-refractivity contribution in [2.75, 3.05) is 5.73 Å². The maximum absolute atomic E-state index is 8.90. The quantitative estimate of drug-likeness (QED) is 0.113. The largest absolute Gasteiger partial charge is 0.506 e. The number of aromatic nitrogens is 2. The van der Waals surface area contributed by atoms with Crippen molar-refractivity contribution in [2.24, 2.45) is 0 Å². The molecule has 8 nitrogen and oxygen atoms in total. The van der Waals surface area contributed by atoms with Gasteiger partial charge in [0.1, 0.15) is 16.8 Å². The molecule has 1 fully saturated rings. The average Bonchev–Trinajstić information content (AvgIpc) is 3.59. The lowest BCUT2D eigenvalue weighted by molar-refractivity contribution is 0.00578. The molecule has 1 aliphatic heterocycles. The Kier molecular flexibility index (Phi) is 9.53. The van der Waals surface area contributed by atoms with Crippen LogP contribution in [-0.4, -0.2) is 33.4 Å². The van der Waals surface area contributed by atoms with E-state index in [-0.39, 0.29) is 24.1 Å². The molecule has 0 aliphatic carbocycles. The average molecular weight is 687 g/mol. The van der Waals surface area contributed by atoms with E-state index in [1.165, 1.54) is 0 Å². The van der Waals surface area contributed by atoms with Crippen LogP contribution in [0.15, 0.2) is 72.4 Å². The predicted molar refractivity (Wildman–Crippen MR) is 170 cm³/mol. The Labute approximate surface area is 257 Å². The molecule has 41 heavy (non-hydrogen) atoms. The van der Waals surface area contributed by atoms with Crippen LogP contribution in [-0.2, 0) is 22.2 Å². The summed E-state index contributed by atoms with van der Waals surface area (Å²) in [4.78, 5) is 8.75. The van der Waals surface area contributed by atoms with Crippen LogP contribution in [0.1, 0.15) is 53.3 Å². The van der Waals surface area contributed by atoms with Crippen LogP contribution in [0.2, 0.25) is 0 Å². The van der Waals surface area contributed by atoms with Crippen molar-refractivity contribution in [3.8, 4) is 5.75 Å². The van der Waals surface area contributed by atoms with Gasteiger partial charge in [-0.3, -0.25) is 0 Å². The Morgan fingerprint density at radius 1 is 0.756 bits per heavy atom. The fraction of sp³-hybridized carbons (Fsp3) is 0.333. The third kappa shape index (κ3) is 7.32. The van der Waals surface area contributed by atoms with Gasteiger partial charge in [-0.25, -0.2) is 9.97 Å². The first kappa shape index (κ1) is 31.1. The van der Waals surface area contributed by atoms with E-state index in [1.807, 2.05) is 50.2 Å². The molecule has 216 valence electrons. The van der Waals surface area contributed by atoms with Crippen LogP contribution in [0, 0.1) is 0 Å². The summed E-state index contributed by atoms with van der Waals surface area (Å²) in [6, 6.07) is 16.6. The number of nitrogen functional groups attached to an aromatic ring is 1. The fourth-order valence-corrected chi connectivity index (χ4v) is 4.62. The van der Waals surface area contributed by atoms with E-state index in [0.29, 0.717) is 5.69 Å². The standard InChI is InChI=1S/C15H20BNO3.C9H8BrNO.C6H6BrNO/c1-6-13-17-11-9-10(7-8-12(11)18-13)16-19-14(2,3)15(4,5)20-16;1-2-9-11-7-5-6(10)3-4-8(7)12-9;7-4-1-2-6(9)5(8)3-4/h7-9H,6H2,1-5H3;3-5H,2H2,1H3;1-3,9H,8H2. The van der Waals surface area contributed by atoms with E-state index >= 15 is 0 Å². The van der Waals surface area contributed by atoms with Gasteiger partial charge < -0.3 is 29.0 Å². The summed E-state index contributed by atoms with van der Waals surface area (Å²) in [5.41, 5.74) is 9.49. The summed E-state index contributed by atoms with van der Waals surface area (Å²) in [7, 11) is -0.355. The highest BCUT2D eigenvalue weighted by Crippen LogP contribution is 2.36. The maximum Gasteiger partial charge on any atom is 0.494 e. The smallest absolute Gasteiger partial charge is 0.494 e. The third-order valence-electron chi connectivity index (χ3n) is 6.97. The van der Waals surface area contributed by atoms with Crippen LogP contribution >= 0.6 is 31.9 Å². The molecule has 1 saturated heterocycles. The van der Waals surface area contributed by atoms with E-state index in [2.05, 4.69) is 69.5 Å². The molecular formula is C30H34BBr2N3O5. The van der Waals surface area contributed by atoms with Gasteiger partial charge in [0.05, 0.1) is 16.9 Å². The lowest BCUT2D eigenvalue weighted by atomic mass is 9.79. The molecule has 0 atom stereocenters. The Morgan fingerprint density at radius 3 is 1.76 bits per heavy atom. The van der Waals surface area contributed by atoms with Gasteiger partial charge in [0, 0.05) is 21.8 Å². The predicted octanol–water partition coefficient (Wildman–Crippen LogP) is 7.58. The molecule has 3 heterocycles. The summed E-state index contributed by atoms with van der Waals surface area (Å²) in [6.45, 7) is 12.3. The second kappa shape index (κ2) is 12.6. The molecule has 3 aromatic carbocycles. The molecule has 2 aromatic heterocycles. The number of phenolic OH excluding ortho intramolecular Hbond substituents is 1. The number of hydrogen-bond acceptors (Lipinski definition) is 8. The number of anilines is 1.